The van der Waals surface area contributed by atoms with Crippen molar-refractivity contribution in [3.05, 3.63) is 11.7 Å². The summed E-state index contributed by atoms with van der Waals surface area (Å²) in [6.07, 6.45) is 11.4. The van der Waals surface area contributed by atoms with E-state index in [-0.39, 0.29) is 11.7 Å². The van der Waals surface area contributed by atoms with Gasteiger partial charge in [-0.25, -0.2) is 0 Å². The van der Waals surface area contributed by atoms with Gasteiger partial charge in [0.2, 0.25) is 5.89 Å². The third kappa shape index (κ3) is 2.88. The zero-order valence-electron chi connectivity index (χ0n) is 11.4. The van der Waals surface area contributed by atoms with Gasteiger partial charge < -0.3 is 4.52 Å². The topological polar surface area (TPSA) is 56.0 Å². The molecule has 0 aliphatic heterocycles. The van der Waals surface area contributed by atoms with Crippen molar-refractivity contribution in [2.24, 2.45) is 0 Å². The van der Waals surface area contributed by atoms with E-state index in [0.29, 0.717) is 18.2 Å². The fourth-order valence-corrected chi connectivity index (χ4v) is 3.35. The lowest BCUT2D eigenvalue weighted by atomic mass is 9.91. The van der Waals surface area contributed by atoms with Gasteiger partial charge in [0.25, 0.3) is 0 Å². The molecule has 0 bridgehead atoms. The molecule has 0 radical (unpaired) electrons. The first-order valence-corrected chi connectivity index (χ1v) is 7.71. The highest BCUT2D eigenvalue weighted by molar-refractivity contribution is 5.86. The van der Waals surface area contributed by atoms with E-state index in [1.165, 1.54) is 32.1 Å². The van der Waals surface area contributed by atoms with Crippen LogP contribution >= 0.6 is 0 Å². The fraction of sp³-hybridized carbons (Fsp3) is 0.800. The SMILES string of the molecule is O=C1CCCC1c1nc(C2CCCCCCC2)no1. The summed E-state index contributed by atoms with van der Waals surface area (Å²) in [4.78, 5) is 16.3. The molecule has 0 spiro atoms. The van der Waals surface area contributed by atoms with Crippen LogP contribution in [0.5, 0.6) is 0 Å². The monoisotopic (exact) mass is 262 g/mol. The van der Waals surface area contributed by atoms with Crippen LogP contribution in [0.1, 0.15) is 87.8 Å². The smallest absolute Gasteiger partial charge is 0.237 e. The van der Waals surface area contributed by atoms with Gasteiger partial charge in [0.05, 0.1) is 5.92 Å². The van der Waals surface area contributed by atoms with Gasteiger partial charge in [-0.2, -0.15) is 4.98 Å². The lowest BCUT2D eigenvalue weighted by Gasteiger charge is -2.15. The maximum absolute atomic E-state index is 11.7. The molecule has 2 saturated carbocycles. The minimum absolute atomic E-state index is 0.116. The number of ketones is 1. The second kappa shape index (κ2) is 5.85. The van der Waals surface area contributed by atoms with E-state index in [4.69, 9.17) is 4.52 Å². The summed E-state index contributed by atoms with van der Waals surface area (Å²) in [5, 5.41) is 4.15. The van der Waals surface area contributed by atoms with Crippen LogP contribution in [0, 0.1) is 0 Å². The van der Waals surface area contributed by atoms with Crippen molar-refractivity contribution in [3.8, 4) is 0 Å². The van der Waals surface area contributed by atoms with Crippen LogP contribution in [0.3, 0.4) is 0 Å². The van der Waals surface area contributed by atoms with Gasteiger partial charge in [-0.3, -0.25) is 4.79 Å². The minimum Gasteiger partial charge on any atom is -0.339 e. The molecule has 4 nitrogen and oxygen atoms in total. The van der Waals surface area contributed by atoms with E-state index in [1.807, 2.05) is 0 Å². The van der Waals surface area contributed by atoms with Crippen molar-refractivity contribution >= 4 is 5.78 Å². The largest absolute Gasteiger partial charge is 0.339 e. The van der Waals surface area contributed by atoms with E-state index >= 15 is 0 Å². The molecular weight excluding hydrogens is 240 g/mol. The summed E-state index contributed by atoms with van der Waals surface area (Å²) < 4.78 is 5.36. The fourth-order valence-electron chi connectivity index (χ4n) is 3.35. The Bertz CT molecular complexity index is 433. The standard InChI is InChI=1S/C15H22N2O2/c18-13-10-6-9-12(13)15-16-14(17-19-15)11-7-4-2-1-3-5-8-11/h11-12H,1-10H2. The first-order chi connectivity index (χ1) is 9.34. The van der Waals surface area contributed by atoms with Crippen LogP contribution in [-0.2, 0) is 4.79 Å². The third-order valence-corrected chi connectivity index (χ3v) is 4.53. The summed E-state index contributed by atoms with van der Waals surface area (Å²) in [7, 11) is 0. The van der Waals surface area contributed by atoms with E-state index in [0.717, 1.165) is 31.5 Å². The number of aromatic nitrogens is 2. The van der Waals surface area contributed by atoms with Crippen LogP contribution in [0.25, 0.3) is 0 Å². The highest BCUT2D eigenvalue weighted by Gasteiger charge is 2.31. The molecule has 1 aromatic rings. The highest BCUT2D eigenvalue weighted by atomic mass is 16.5. The molecule has 1 heterocycles. The summed E-state index contributed by atoms with van der Waals surface area (Å²) in [6.45, 7) is 0. The summed E-state index contributed by atoms with van der Waals surface area (Å²) in [5.41, 5.74) is 0. The summed E-state index contributed by atoms with van der Waals surface area (Å²) >= 11 is 0. The Hall–Kier alpha value is -1.19. The number of carbonyl (C=O) groups is 1. The average Bonchev–Trinajstić information content (AvgIpc) is 2.97. The van der Waals surface area contributed by atoms with Gasteiger partial charge in [0.1, 0.15) is 5.78 Å². The van der Waals surface area contributed by atoms with E-state index in [1.54, 1.807) is 0 Å². The minimum atomic E-state index is -0.116. The zero-order chi connectivity index (χ0) is 13.1. The van der Waals surface area contributed by atoms with Crippen LogP contribution in [0.4, 0.5) is 0 Å². The van der Waals surface area contributed by atoms with Gasteiger partial charge in [0.15, 0.2) is 5.82 Å². The molecule has 2 fully saturated rings. The Kier molecular flexibility index (Phi) is 3.95. The summed E-state index contributed by atoms with van der Waals surface area (Å²) in [5.74, 6) is 2.01. The molecule has 1 atom stereocenters. The van der Waals surface area contributed by atoms with Crippen molar-refractivity contribution in [2.45, 2.75) is 76.0 Å². The Morgan fingerprint density at radius 1 is 0.947 bits per heavy atom. The van der Waals surface area contributed by atoms with E-state index < -0.39 is 0 Å². The zero-order valence-corrected chi connectivity index (χ0v) is 11.4. The maximum Gasteiger partial charge on any atom is 0.237 e. The van der Waals surface area contributed by atoms with Crippen molar-refractivity contribution in [3.63, 3.8) is 0 Å². The number of hydrogen-bond acceptors (Lipinski definition) is 4. The van der Waals surface area contributed by atoms with Crippen LogP contribution in [-0.4, -0.2) is 15.9 Å². The first kappa shape index (κ1) is 12.8. The van der Waals surface area contributed by atoms with Gasteiger partial charge in [0, 0.05) is 12.3 Å². The lowest BCUT2D eigenvalue weighted by Crippen LogP contribution is -2.07. The number of rotatable bonds is 2. The van der Waals surface area contributed by atoms with Gasteiger partial charge in [-0.05, 0) is 25.7 Å². The van der Waals surface area contributed by atoms with Crippen LogP contribution in [0.2, 0.25) is 0 Å². The Labute approximate surface area is 114 Å². The number of nitrogens with zero attached hydrogens (tertiary/aromatic N) is 2. The van der Waals surface area contributed by atoms with E-state index in [2.05, 4.69) is 10.1 Å². The predicted molar refractivity (Wildman–Crippen MR) is 71.0 cm³/mol. The predicted octanol–water partition coefficient (Wildman–Crippen LogP) is 3.73. The second-order valence-electron chi connectivity index (χ2n) is 5.94. The maximum atomic E-state index is 11.7. The number of Topliss-reactive ketones (excluding diaryl/α,β-unsaturated/α-hetero) is 1. The van der Waals surface area contributed by atoms with Crippen LogP contribution in [0.15, 0.2) is 4.52 Å². The quantitative estimate of drug-likeness (QED) is 0.814. The molecule has 0 N–H and O–H groups in total. The molecule has 104 valence electrons. The van der Waals surface area contributed by atoms with Crippen molar-refractivity contribution in [1.82, 2.24) is 10.1 Å². The van der Waals surface area contributed by atoms with Crippen LogP contribution < -0.4 is 0 Å². The summed E-state index contributed by atoms with van der Waals surface area (Å²) in [6, 6.07) is 0. The lowest BCUT2D eigenvalue weighted by molar-refractivity contribution is -0.119. The number of hydrogen-bond donors (Lipinski definition) is 0. The number of carbonyl (C=O) groups excluding carboxylic acids is 1. The molecule has 19 heavy (non-hydrogen) atoms. The molecule has 1 unspecified atom stereocenters. The molecule has 2 aliphatic rings. The molecule has 1 aromatic heterocycles. The Morgan fingerprint density at radius 2 is 1.68 bits per heavy atom. The third-order valence-electron chi connectivity index (χ3n) is 4.53. The van der Waals surface area contributed by atoms with Crippen molar-refractivity contribution < 1.29 is 9.32 Å². The highest BCUT2D eigenvalue weighted by Crippen LogP contribution is 2.33. The Balaban J connectivity index is 1.70. The first-order valence-electron chi connectivity index (χ1n) is 7.71. The Morgan fingerprint density at radius 3 is 2.37 bits per heavy atom. The van der Waals surface area contributed by atoms with Crippen molar-refractivity contribution in [2.75, 3.05) is 0 Å². The van der Waals surface area contributed by atoms with Gasteiger partial charge in [-0.15, -0.1) is 0 Å². The van der Waals surface area contributed by atoms with Gasteiger partial charge in [-0.1, -0.05) is 37.3 Å². The molecule has 4 heteroatoms. The van der Waals surface area contributed by atoms with Gasteiger partial charge >= 0.3 is 0 Å². The molecular formula is C15H22N2O2. The molecule has 2 aliphatic carbocycles. The second-order valence-corrected chi connectivity index (χ2v) is 5.94. The molecule has 0 saturated heterocycles. The molecule has 0 aromatic carbocycles. The van der Waals surface area contributed by atoms with Crippen molar-refractivity contribution in [1.29, 1.82) is 0 Å². The molecule has 0 amide bonds. The average molecular weight is 262 g/mol. The van der Waals surface area contributed by atoms with E-state index in [9.17, 15) is 4.79 Å². The normalized spacial score (nSPS) is 26.3. The molecule has 3 rings (SSSR count).